The van der Waals surface area contributed by atoms with Crippen molar-refractivity contribution in [2.45, 2.75) is 51.9 Å². The van der Waals surface area contributed by atoms with E-state index in [4.69, 9.17) is 9.47 Å². The third-order valence-electron chi connectivity index (χ3n) is 9.60. The van der Waals surface area contributed by atoms with Crippen LogP contribution in [-0.4, -0.2) is 103 Å². The van der Waals surface area contributed by atoms with Gasteiger partial charge >= 0.3 is 0 Å². The minimum atomic E-state index is -1.07. The van der Waals surface area contributed by atoms with Gasteiger partial charge in [-0.2, -0.15) is 10.2 Å². The van der Waals surface area contributed by atoms with Crippen molar-refractivity contribution in [3.05, 3.63) is 78.8 Å². The average Bonchev–Trinajstić information content (AvgIpc) is 3.91. The van der Waals surface area contributed by atoms with Gasteiger partial charge in [-0.25, -0.2) is 9.97 Å². The van der Waals surface area contributed by atoms with Crippen molar-refractivity contribution in [3.63, 3.8) is 0 Å². The molecule has 0 saturated carbocycles. The van der Waals surface area contributed by atoms with Gasteiger partial charge in [0.15, 0.2) is 11.4 Å². The third-order valence-corrected chi connectivity index (χ3v) is 9.60. The summed E-state index contributed by atoms with van der Waals surface area (Å²) in [5.41, 5.74) is 5.29. The predicted octanol–water partition coefficient (Wildman–Crippen LogP) is 5.04. The number of ether oxygens (including phenoxy) is 2. The van der Waals surface area contributed by atoms with E-state index in [9.17, 15) is 9.59 Å². The van der Waals surface area contributed by atoms with Crippen LogP contribution in [0.25, 0.3) is 39.1 Å². The van der Waals surface area contributed by atoms with Gasteiger partial charge in [-0.3, -0.25) is 24.3 Å². The molecule has 2 aliphatic rings. The number of aromatic amines is 1. The van der Waals surface area contributed by atoms with Crippen molar-refractivity contribution in [2.24, 2.45) is 0 Å². The van der Waals surface area contributed by atoms with Gasteiger partial charge in [0.2, 0.25) is 11.8 Å². The number of rotatable bonds is 11. The Bertz CT molecular complexity index is 2050. The maximum atomic E-state index is 13.7. The Morgan fingerprint density at radius 3 is 2.51 bits per heavy atom. The maximum absolute atomic E-state index is 13.7. The van der Waals surface area contributed by atoms with E-state index in [-0.39, 0.29) is 24.5 Å². The van der Waals surface area contributed by atoms with Gasteiger partial charge in [0.05, 0.1) is 18.2 Å². The molecule has 5 heterocycles. The molecule has 1 atom stereocenters. The second kappa shape index (κ2) is 14.4. The Kier molecular flexibility index (Phi) is 9.65. The van der Waals surface area contributed by atoms with Crippen molar-refractivity contribution < 1.29 is 19.1 Å². The van der Waals surface area contributed by atoms with Crippen LogP contribution in [0, 0.1) is 0 Å². The lowest BCUT2D eigenvalue weighted by Crippen LogP contribution is -2.48. The highest BCUT2D eigenvalue weighted by Gasteiger charge is 2.45. The maximum Gasteiger partial charge on any atom is 0.258 e. The first kappa shape index (κ1) is 34.1. The van der Waals surface area contributed by atoms with Crippen LogP contribution in [0.15, 0.2) is 73.2 Å². The van der Waals surface area contributed by atoms with Crippen molar-refractivity contribution in [1.29, 1.82) is 0 Å². The van der Waals surface area contributed by atoms with E-state index >= 15 is 0 Å². The van der Waals surface area contributed by atoms with Crippen molar-refractivity contribution in [1.82, 2.24) is 39.7 Å². The number of methoxy groups -OCH3 is 1. The molecule has 13 nitrogen and oxygen atoms in total. The quantitative estimate of drug-likeness (QED) is 0.195. The van der Waals surface area contributed by atoms with Crippen LogP contribution in [0.1, 0.15) is 39.2 Å². The molecular formula is C38H43N9O4. The summed E-state index contributed by atoms with van der Waals surface area (Å²) in [6.45, 7) is 9.05. The lowest BCUT2D eigenvalue weighted by atomic mass is 9.98. The number of H-pyrrole nitrogens is 1. The molecule has 0 bridgehead atoms. The van der Waals surface area contributed by atoms with Crippen LogP contribution in [0.5, 0.6) is 5.88 Å². The van der Waals surface area contributed by atoms with Crippen molar-refractivity contribution in [3.8, 4) is 28.5 Å². The number of benzene rings is 2. The van der Waals surface area contributed by atoms with Gasteiger partial charge in [0.25, 0.3) is 5.91 Å². The zero-order valence-corrected chi connectivity index (χ0v) is 29.4. The molecule has 13 heteroatoms. The molecule has 1 saturated heterocycles. The number of carbonyl (C=O) groups excluding carboxylic acids is 2. The molecule has 7 rings (SSSR count). The summed E-state index contributed by atoms with van der Waals surface area (Å²) in [5, 5.41) is 16.0. The smallest absolute Gasteiger partial charge is 0.258 e. The van der Waals surface area contributed by atoms with E-state index in [2.05, 4.69) is 48.8 Å². The van der Waals surface area contributed by atoms with Gasteiger partial charge in [-0.05, 0) is 69.0 Å². The predicted molar refractivity (Wildman–Crippen MR) is 195 cm³/mol. The van der Waals surface area contributed by atoms with E-state index in [0.717, 1.165) is 46.3 Å². The number of carbonyl (C=O) groups is 2. The Balaban J connectivity index is 0.950. The van der Waals surface area contributed by atoms with Gasteiger partial charge in [0.1, 0.15) is 12.0 Å². The molecule has 1 unspecified atom stereocenters. The van der Waals surface area contributed by atoms with E-state index < -0.39 is 5.60 Å². The summed E-state index contributed by atoms with van der Waals surface area (Å²) in [5.74, 6) is 1.07. The molecule has 1 fully saturated rings. The topological polar surface area (TPSA) is 143 Å². The number of anilines is 1. The molecule has 3 aromatic heterocycles. The average molecular weight is 690 g/mol. The molecule has 5 aromatic rings. The molecule has 51 heavy (non-hydrogen) atoms. The number of amides is 2. The first-order chi connectivity index (χ1) is 24.7. The summed E-state index contributed by atoms with van der Waals surface area (Å²) >= 11 is 0. The van der Waals surface area contributed by atoms with E-state index in [0.29, 0.717) is 50.0 Å². The fraction of sp³-hybridized carbons (Fsp3) is 0.368. The van der Waals surface area contributed by atoms with E-state index in [1.54, 1.807) is 19.6 Å². The van der Waals surface area contributed by atoms with E-state index in [1.165, 1.54) is 5.57 Å². The second-order valence-corrected chi connectivity index (χ2v) is 13.3. The van der Waals surface area contributed by atoms with Crippen LogP contribution in [0.3, 0.4) is 0 Å². The zero-order valence-electron chi connectivity index (χ0n) is 29.4. The Labute approximate surface area is 296 Å². The number of pyridine rings is 1. The number of nitrogens with zero attached hydrogens (tertiary/aromatic N) is 7. The molecule has 2 N–H and O–H groups in total. The van der Waals surface area contributed by atoms with Crippen molar-refractivity contribution in [2.75, 3.05) is 45.2 Å². The highest BCUT2D eigenvalue weighted by atomic mass is 16.5. The monoisotopic (exact) mass is 689 g/mol. The highest BCUT2D eigenvalue weighted by Crippen LogP contribution is 2.32. The minimum Gasteiger partial charge on any atom is -0.475 e. The molecule has 0 spiro atoms. The number of aryl methyl sites for hydroxylation is 1. The standard InChI is InChI=1S/C38H43N9O4/c1-5-47-24-40-36(44-47)28-8-6-26(7-9-28)27-14-17-46(18-15-27)34(48)22-45-19-16-38(23-45,50-4)37(49)41-30-11-12-32-31(20-30)35(43-42-32)29-10-13-33(39-21-29)51-25(2)3/h6-14,20-21,24-25H,5,15-19,22-23H2,1-4H3,(H,41,49)(H,42,43). The highest BCUT2D eigenvalue weighted by molar-refractivity contribution is 6.01. The summed E-state index contributed by atoms with van der Waals surface area (Å²) in [4.78, 5) is 39.8. The van der Waals surface area contributed by atoms with Gasteiger partial charge in [-0.15, -0.1) is 0 Å². The van der Waals surface area contributed by atoms with Crippen LogP contribution in [-0.2, 0) is 20.9 Å². The molecule has 264 valence electrons. The molecule has 2 aliphatic heterocycles. The largest absolute Gasteiger partial charge is 0.475 e. The lowest BCUT2D eigenvalue weighted by molar-refractivity contribution is -0.138. The molecule has 0 aliphatic carbocycles. The fourth-order valence-corrected chi connectivity index (χ4v) is 6.69. The number of hydrogen-bond acceptors (Lipinski definition) is 9. The number of fused-ring (bicyclic) bond motifs is 1. The summed E-state index contributed by atoms with van der Waals surface area (Å²) in [6, 6.07) is 17.6. The summed E-state index contributed by atoms with van der Waals surface area (Å²) in [7, 11) is 1.56. The molecular weight excluding hydrogens is 646 g/mol. The number of nitrogens with one attached hydrogen (secondary N) is 2. The van der Waals surface area contributed by atoms with Gasteiger partial charge in [-0.1, -0.05) is 30.3 Å². The first-order valence-electron chi connectivity index (χ1n) is 17.4. The lowest BCUT2D eigenvalue weighted by Gasteiger charge is -2.30. The van der Waals surface area contributed by atoms with Crippen LogP contribution < -0.4 is 10.1 Å². The van der Waals surface area contributed by atoms with Crippen LogP contribution >= 0.6 is 0 Å². The summed E-state index contributed by atoms with van der Waals surface area (Å²) in [6.07, 6.45) is 6.89. The second-order valence-electron chi connectivity index (χ2n) is 13.3. The number of hydrogen-bond donors (Lipinski definition) is 2. The van der Waals surface area contributed by atoms with Crippen LogP contribution in [0.2, 0.25) is 0 Å². The first-order valence-corrected chi connectivity index (χ1v) is 17.4. The van der Waals surface area contributed by atoms with E-state index in [1.807, 2.05) is 77.7 Å². The molecule has 0 radical (unpaired) electrons. The third kappa shape index (κ3) is 7.26. The number of aromatic nitrogens is 6. The summed E-state index contributed by atoms with van der Waals surface area (Å²) < 4.78 is 13.3. The normalized spacial score (nSPS) is 18.0. The van der Waals surface area contributed by atoms with Gasteiger partial charge in [0, 0.05) is 74.3 Å². The number of likely N-dealkylation sites (tertiary alicyclic amines) is 1. The molecule has 2 aromatic carbocycles. The Morgan fingerprint density at radius 1 is 1.02 bits per heavy atom. The molecule has 2 amide bonds. The Morgan fingerprint density at radius 2 is 1.82 bits per heavy atom. The van der Waals surface area contributed by atoms with Crippen LogP contribution in [0.4, 0.5) is 5.69 Å². The SMILES string of the molecule is CCn1cnc(-c2ccc(C3=CCN(C(=O)CN4CCC(OC)(C(=O)Nc5ccc6[nH]nc(-c7ccc(OC(C)C)nc7)c6c5)C4)CC3)cc2)n1. The van der Waals surface area contributed by atoms with Gasteiger partial charge < -0.3 is 19.7 Å². The fourth-order valence-electron chi connectivity index (χ4n) is 6.69. The Hall–Kier alpha value is -5.40. The van der Waals surface area contributed by atoms with Crippen molar-refractivity contribution >= 4 is 34.0 Å². The zero-order chi connectivity index (χ0) is 35.5. The minimum absolute atomic E-state index is 0.0293.